The summed E-state index contributed by atoms with van der Waals surface area (Å²) in [6, 6.07) is 0. The molecular weight excluding hydrogens is 220 g/mol. The third kappa shape index (κ3) is 39.3. The Hall–Kier alpha value is -0.740. The fourth-order valence-corrected chi connectivity index (χ4v) is 0.369. The zero-order valence-electron chi connectivity index (χ0n) is 8.92. The summed E-state index contributed by atoms with van der Waals surface area (Å²) in [7, 11) is 3.02. The van der Waals surface area contributed by atoms with Gasteiger partial charge in [0.05, 0.1) is 0 Å². The third-order valence-electron chi connectivity index (χ3n) is 1.27. The molecule has 0 aromatic heterocycles. The van der Waals surface area contributed by atoms with Crippen molar-refractivity contribution in [3.63, 3.8) is 0 Å². The van der Waals surface area contributed by atoms with Gasteiger partial charge in [0.2, 0.25) is 0 Å². The fraction of sp³-hybridized carbons (Fsp3) is 0.846. The van der Waals surface area contributed by atoms with Crippen LogP contribution in [0.1, 0.15) is 50.5 Å². The molecule has 0 amide bonds. The molecule has 4 nitrogen and oxygen atoms in total. The minimum absolute atomic E-state index is 0. The van der Waals surface area contributed by atoms with Gasteiger partial charge in [-0.1, -0.05) is 29.7 Å². The Bertz CT molecular complexity index is 155. The Morgan fingerprint density at radius 3 is 1.35 bits per heavy atom. The maximum absolute atomic E-state index is 10.2. The molecule has 0 aromatic carbocycles. The number of rotatable bonds is 4. The first-order valence-corrected chi connectivity index (χ1v) is 3.97. The van der Waals surface area contributed by atoms with Gasteiger partial charge in [-0.3, -0.25) is 9.59 Å². The van der Waals surface area contributed by atoms with E-state index in [2.05, 4.69) is 9.47 Å². The summed E-state index contributed by atoms with van der Waals surface area (Å²) in [5.41, 5.74) is 0. The first kappa shape index (κ1) is 36.0. The van der Waals surface area contributed by atoms with Crippen molar-refractivity contribution >= 4 is 11.6 Å². The predicted octanol–water partition coefficient (Wildman–Crippen LogP) is 3.38. The van der Waals surface area contributed by atoms with Crippen LogP contribution in [0.25, 0.3) is 0 Å². The van der Waals surface area contributed by atoms with Gasteiger partial charge in [-0.25, -0.2) is 0 Å². The molecule has 0 radical (unpaired) electrons. The molecule has 0 aromatic rings. The Labute approximate surface area is 109 Å². The van der Waals surface area contributed by atoms with E-state index in [1.165, 1.54) is 28.1 Å². The van der Waals surface area contributed by atoms with Crippen LogP contribution in [0.4, 0.5) is 0 Å². The molecule has 0 N–H and O–H groups in total. The highest BCUT2D eigenvalue weighted by molar-refractivity contribution is 5.79. The van der Waals surface area contributed by atoms with E-state index in [1.807, 2.05) is 0 Å². The van der Waals surface area contributed by atoms with Gasteiger partial charge in [0.1, 0.15) is 12.7 Å². The standard InChI is InChI=1S/C5H10O2.C4H8O2.4CH4/c1-4(6)5(2)7-3;1-4(5)3-6-2;;;;/h5H,1-3H3;3H2,1-2H3;4*1H4. The number of carbonyl (C=O) groups is 2. The summed E-state index contributed by atoms with van der Waals surface area (Å²) in [5.74, 6) is 0.139. The molecule has 0 aliphatic heterocycles. The zero-order chi connectivity index (χ0) is 10.9. The number of Topliss-reactive ketones (excluding diaryl/α,β-unsaturated/α-hetero) is 2. The van der Waals surface area contributed by atoms with Gasteiger partial charge in [-0.2, -0.15) is 0 Å². The first-order chi connectivity index (χ1) is 5.95. The van der Waals surface area contributed by atoms with Crippen LogP contribution >= 0.6 is 0 Å². The lowest BCUT2D eigenvalue weighted by atomic mass is 10.3. The van der Waals surface area contributed by atoms with Crippen LogP contribution in [-0.2, 0) is 19.1 Å². The van der Waals surface area contributed by atoms with Gasteiger partial charge in [0.15, 0.2) is 11.6 Å². The largest absolute Gasteiger partial charge is 0.377 e. The normalized spacial score (nSPS) is 8.53. The van der Waals surface area contributed by atoms with Crippen molar-refractivity contribution in [1.82, 2.24) is 0 Å². The van der Waals surface area contributed by atoms with Gasteiger partial charge in [0, 0.05) is 14.2 Å². The average Bonchev–Trinajstić information content (AvgIpc) is 2.03. The van der Waals surface area contributed by atoms with Gasteiger partial charge < -0.3 is 9.47 Å². The topological polar surface area (TPSA) is 52.6 Å². The molecule has 0 saturated carbocycles. The lowest BCUT2D eigenvalue weighted by molar-refractivity contribution is -0.125. The van der Waals surface area contributed by atoms with Gasteiger partial charge in [0.25, 0.3) is 0 Å². The first-order valence-electron chi connectivity index (χ1n) is 3.97. The highest BCUT2D eigenvalue weighted by Crippen LogP contribution is 1.85. The minimum Gasteiger partial charge on any atom is -0.377 e. The second-order valence-electron chi connectivity index (χ2n) is 2.62. The summed E-state index contributed by atoms with van der Waals surface area (Å²) in [5, 5.41) is 0. The van der Waals surface area contributed by atoms with Crippen LogP contribution in [0, 0.1) is 0 Å². The van der Waals surface area contributed by atoms with Crippen molar-refractivity contribution in [3.8, 4) is 0 Å². The fourth-order valence-electron chi connectivity index (χ4n) is 0.369. The maximum atomic E-state index is 10.2. The molecule has 110 valence electrons. The highest BCUT2D eigenvalue weighted by atomic mass is 16.5. The van der Waals surface area contributed by atoms with E-state index >= 15 is 0 Å². The smallest absolute Gasteiger partial charge is 0.158 e. The molecule has 0 aliphatic rings. The molecule has 0 spiro atoms. The molecule has 1 unspecified atom stereocenters. The summed E-state index contributed by atoms with van der Waals surface area (Å²) in [6.07, 6.45) is -0.236. The van der Waals surface area contributed by atoms with E-state index in [4.69, 9.17) is 0 Å². The van der Waals surface area contributed by atoms with Crippen LogP contribution < -0.4 is 0 Å². The SMILES string of the molecule is C.C.C.C.COC(C)C(C)=O.COCC(C)=O. The van der Waals surface area contributed by atoms with Crippen LogP contribution in [0.15, 0.2) is 0 Å². The third-order valence-corrected chi connectivity index (χ3v) is 1.27. The lowest BCUT2D eigenvalue weighted by Gasteiger charge is -2.00. The summed E-state index contributed by atoms with van der Waals surface area (Å²) in [6.45, 7) is 4.96. The van der Waals surface area contributed by atoms with Crippen molar-refractivity contribution in [1.29, 1.82) is 0 Å². The van der Waals surface area contributed by atoms with Crippen LogP contribution in [0.2, 0.25) is 0 Å². The Kier molecular flexibility index (Phi) is 51.8. The molecule has 0 aliphatic carbocycles. The maximum Gasteiger partial charge on any atom is 0.158 e. The van der Waals surface area contributed by atoms with Gasteiger partial charge in [-0.15, -0.1) is 0 Å². The second-order valence-corrected chi connectivity index (χ2v) is 2.62. The second kappa shape index (κ2) is 24.5. The van der Waals surface area contributed by atoms with E-state index in [0.29, 0.717) is 0 Å². The number of ketones is 2. The van der Waals surface area contributed by atoms with Crippen molar-refractivity contribution in [2.24, 2.45) is 0 Å². The van der Waals surface area contributed by atoms with Crippen LogP contribution in [0.3, 0.4) is 0 Å². The van der Waals surface area contributed by atoms with Crippen molar-refractivity contribution in [3.05, 3.63) is 0 Å². The summed E-state index contributed by atoms with van der Waals surface area (Å²) >= 11 is 0. The molecule has 0 fully saturated rings. The molecule has 0 bridgehead atoms. The number of ether oxygens (including phenoxy) is 2. The van der Waals surface area contributed by atoms with Crippen molar-refractivity contribution < 1.29 is 19.1 Å². The van der Waals surface area contributed by atoms with Crippen molar-refractivity contribution in [2.45, 2.75) is 56.6 Å². The average molecular weight is 254 g/mol. The van der Waals surface area contributed by atoms with E-state index in [-0.39, 0.29) is 54.0 Å². The molecule has 17 heavy (non-hydrogen) atoms. The Morgan fingerprint density at radius 1 is 1.00 bits per heavy atom. The molecule has 1 atom stereocenters. The van der Waals surface area contributed by atoms with Crippen LogP contribution in [0.5, 0.6) is 0 Å². The van der Waals surface area contributed by atoms with E-state index < -0.39 is 0 Å². The quantitative estimate of drug-likeness (QED) is 0.771. The molecular formula is C13H34O4. The van der Waals surface area contributed by atoms with E-state index in [1.54, 1.807) is 6.92 Å². The summed E-state index contributed by atoms with van der Waals surface area (Å²) in [4.78, 5) is 20.2. The molecule has 0 saturated heterocycles. The van der Waals surface area contributed by atoms with Gasteiger partial charge >= 0.3 is 0 Å². The zero-order valence-corrected chi connectivity index (χ0v) is 8.92. The molecule has 4 heteroatoms. The lowest BCUT2D eigenvalue weighted by Crippen LogP contribution is -2.14. The van der Waals surface area contributed by atoms with Crippen molar-refractivity contribution in [2.75, 3.05) is 20.8 Å². The predicted molar refractivity (Wildman–Crippen MR) is 76.6 cm³/mol. The molecule has 0 heterocycles. The monoisotopic (exact) mass is 254 g/mol. The number of carbonyl (C=O) groups excluding carboxylic acids is 2. The highest BCUT2D eigenvalue weighted by Gasteiger charge is 2.01. The van der Waals surface area contributed by atoms with E-state index in [9.17, 15) is 9.59 Å². The summed E-state index contributed by atoms with van der Waals surface area (Å²) < 4.78 is 9.12. The van der Waals surface area contributed by atoms with Gasteiger partial charge in [-0.05, 0) is 20.8 Å². The minimum atomic E-state index is -0.236. The van der Waals surface area contributed by atoms with E-state index in [0.717, 1.165) is 0 Å². The number of hydrogen-bond donors (Lipinski definition) is 0. The Balaban J connectivity index is -0.0000000290. The number of hydrogen-bond acceptors (Lipinski definition) is 4. The van der Waals surface area contributed by atoms with Crippen LogP contribution in [-0.4, -0.2) is 38.5 Å². The number of methoxy groups -OCH3 is 2. The Morgan fingerprint density at radius 2 is 1.35 bits per heavy atom. The molecule has 0 rings (SSSR count).